The van der Waals surface area contributed by atoms with Gasteiger partial charge in [0.1, 0.15) is 5.60 Å². The lowest BCUT2D eigenvalue weighted by atomic mass is 9.89. The first-order valence-corrected chi connectivity index (χ1v) is 7.37. The van der Waals surface area contributed by atoms with E-state index in [0.717, 1.165) is 25.2 Å². The molecule has 19 heavy (non-hydrogen) atoms. The second-order valence-corrected chi connectivity index (χ2v) is 5.75. The van der Waals surface area contributed by atoms with E-state index in [1.807, 2.05) is 0 Å². The minimum absolute atomic E-state index is 0.392. The van der Waals surface area contributed by atoms with Crippen molar-refractivity contribution in [1.29, 1.82) is 0 Å². The monoisotopic (exact) mass is 265 g/mol. The molecule has 1 aromatic heterocycles. The minimum Gasteiger partial charge on any atom is -0.370 e. The molecule has 1 aromatic rings. The van der Waals surface area contributed by atoms with Gasteiger partial charge in [-0.2, -0.15) is 4.98 Å². The van der Waals surface area contributed by atoms with Crippen molar-refractivity contribution in [1.82, 2.24) is 15.5 Å². The highest BCUT2D eigenvalue weighted by Gasteiger charge is 2.43. The lowest BCUT2D eigenvalue weighted by Crippen LogP contribution is -2.28. The molecule has 2 aliphatic heterocycles. The summed E-state index contributed by atoms with van der Waals surface area (Å²) in [6, 6.07) is 1.17. The Morgan fingerprint density at radius 1 is 1.37 bits per heavy atom. The van der Waals surface area contributed by atoms with Crippen molar-refractivity contribution in [3.8, 4) is 0 Å². The Labute approximate surface area is 114 Å². The van der Waals surface area contributed by atoms with Crippen molar-refractivity contribution < 1.29 is 9.26 Å². The Morgan fingerprint density at radius 2 is 2.16 bits per heavy atom. The van der Waals surface area contributed by atoms with Crippen LogP contribution in [0.2, 0.25) is 0 Å². The lowest BCUT2D eigenvalue weighted by molar-refractivity contribution is -0.0306. The Bertz CT molecular complexity index is 433. The van der Waals surface area contributed by atoms with Crippen LogP contribution in [0.1, 0.15) is 63.6 Å². The number of rotatable bonds is 5. The third-order valence-corrected chi connectivity index (χ3v) is 5.00. The Hall–Kier alpha value is -0.940. The van der Waals surface area contributed by atoms with Gasteiger partial charge >= 0.3 is 0 Å². The Morgan fingerprint density at radius 3 is 2.68 bits per heavy atom. The van der Waals surface area contributed by atoms with E-state index in [9.17, 15) is 0 Å². The van der Waals surface area contributed by atoms with Crippen LogP contribution in [0.4, 0.5) is 0 Å². The van der Waals surface area contributed by atoms with Gasteiger partial charge in [-0.3, -0.25) is 0 Å². The summed E-state index contributed by atoms with van der Waals surface area (Å²) in [5.74, 6) is 1.89. The molecule has 3 heterocycles. The number of methoxy groups -OCH3 is 1. The molecule has 0 aromatic carbocycles. The molecule has 5 heteroatoms. The molecule has 0 aliphatic carbocycles. The molecule has 2 aliphatic rings. The molecule has 2 saturated heterocycles. The van der Waals surface area contributed by atoms with Crippen molar-refractivity contribution in [2.24, 2.45) is 0 Å². The fraction of sp³-hybridized carbons (Fsp3) is 0.857. The second kappa shape index (κ2) is 4.87. The van der Waals surface area contributed by atoms with Crippen LogP contribution in [0, 0.1) is 0 Å². The van der Waals surface area contributed by atoms with E-state index in [4.69, 9.17) is 9.26 Å². The highest BCUT2D eigenvalue weighted by atomic mass is 16.5. The second-order valence-electron chi connectivity index (χ2n) is 5.75. The zero-order chi connectivity index (χ0) is 13.5. The van der Waals surface area contributed by atoms with Crippen molar-refractivity contribution in [3.63, 3.8) is 0 Å². The van der Waals surface area contributed by atoms with Crippen LogP contribution in [-0.4, -0.2) is 29.3 Å². The maximum atomic E-state index is 5.66. The van der Waals surface area contributed by atoms with Gasteiger partial charge in [-0.1, -0.05) is 19.0 Å². The minimum atomic E-state index is -0.396. The van der Waals surface area contributed by atoms with Gasteiger partial charge in [0.15, 0.2) is 0 Å². The van der Waals surface area contributed by atoms with Crippen molar-refractivity contribution in [3.05, 3.63) is 11.7 Å². The van der Waals surface area contributed by atoms with E-state index in [1.165, 1.54) is 12.8 Å². The molecule has 2 fully saturated rings. The highest BCUT2D eigenvalue weighted by molar-refractivity contribution is 5.11. The maximum Gasteiger partial charge on any atom is 0.231 e. The summed E-state index contributed by atoms with van der Waals surface area (Å²) >= 11 is 0. The number of hydrogen-bond acceptors (Lipinski definition) is 5. The predicted octanol–water partition coefficient (Wildman–Crippen LogP) is 2.34. The molecule has 3 atom stereocenters. The van der Waals surface area contributed by atoms with Crippen LogP contribution in [0.5, 0.6) is 0 Å². The van der Waals surface area contributed by atoms with Gasteiger partial charge in [-0.25, -0.2) is 0 Å². The largest absolute Gasteiger partial charge is 0.370 e. The van der Waals surface area contributed by atoms with Gasteiger partial charge in [-0.15, -0.1) is 0 Å². The van der Waals surface area contributed by atoms with Crippen LogP contribution >= 0.6 is 0 Å². The van der Waals surface area contributed by atoms with Crippen LogP contribution in [0.25, 0.3) is 0 Å². The summed E-state index contributed by atoms with van der Waals surface area (Å²) in [5.41, 5.74) is -0.396. The summed E-state index contributed by atoms with van der Waals surface area (Å²) in [4.78, 5) is 4.65. The Balaban J connectivity index is 1.83. The molecule has 3 rings (SSSR count). The topological polar surface area (TPSA) is 60.2 Å². The molecule has 0 radical (unpaired) electrons. The van der Waals surface area contributed by atoms with Gasteiger partial charge in [0.25, 0.3) is 0 Å². The SMILES string of the molecule is CCC(CC)(OC)c1noc(C2CC3CCC2N3)n1. The predicted molar refractivity (Wildman–Crippen MR) is 70.9 cm³/mol. The van der Waals surface area contributed by atoms with Gasteiger partial charge < -0.3 is 14.6 Å². The molecular formula is C14H23N3O2. The number of ether oxygens (including phenoxy) is 1. The number of hydrogen-bond donors (Lipinski definition) is 1. The van der Waals surface area contributed by atoms with Crippen LogP contribution in [-0.2, 0) is 10.3 Å². The van der Waals surface area contributed by atoms with Gasteiger partial charge in [0.05, 0.1) is 5.92 Å². The standard InChI is InChI=1S/C14H23N3O2/c1-4-14(5-2,18-3)13-16-12(19-17-13)10-8-9-6-7-11(10)15-9/h9-11,15H,4-8H2,1-3H3. The average Bonchev–Trinajstić information content (AvgIpc) is 3.17. The van der Waals surface area contributed by atoms with E-state index < -0.39 is 5.60 Å². The number of aromatic nitrogens is 2. The smallest absolute Gasteiger partial charge is 0.231 e. The Kier molecular flexibility index (Phi) is 3.35. The third-order valence-electron chi connectivity index (χ3n) is 5.00. The molecule has 106 valence electrons. The van der Waals surface area contributed by atoms with E-state index in [-0.39, 0.29) is 0 Å². The van der Waals surface area contributed by atoms with Crippen molar-refractivity contribution in [2.45, 2.75) is 69.6 Å². The van der Waals surface area contributed by atoms with Crippen molar-refractivity contribution >= 4 is 0 Å². The summed E-state index contributed by atoms with van der Waals surface area (Å²) in [7, 11) is 1.72. The van der Waals surface area contributed by atoms with Crippen LogP contribution < -0.4 is 5.32 Å². The quantitative estimate of drug-likeness (QED) is 0.885. The maximum absolute atomic E-state index is 5.66. The normalized spacial score (nSPS) is 30.2. The first-order valence-electron chi connectivity index (χ1n) is 7.37. The first-order chi connectivity index (χ1) is 9.22. The van der Waals surface area contributed by atoms with Gasteiger partial charge in [0, 0.05) is 19.2 Å². The first kappa shape index (κ1) is 13.1. The van der Waals surface area contributed by atoms with E-state index in [0.29, 0.717) is 23.8 Å². The fourth-order valence-electron chi connectivity index (χ4n) is 3.61. The number of nitrogens with zero attached hydrogens (tertiary/aromatic N) is 2. The van der Waals surface area contributed by atoms with Gasteiger partial charge in [0.2, 0.25) is 11.7 Å². The molecule has 2 bridgehead atoms. The van der Waals surface area contributed by atoms with Crippen LogP contribution in [0.15, 0.2) is 4.52 Å². The molecular weight excluding hydrogens is 242 g/mol. The number of nitrogens with one attached hydrogen (secondary N) is 1. The molecule has 0 amide bonds. The third kappa shape index (κ3) is 1.99. The zero-order valence-electron chi connectivity index (χ0n) is 12.0. The fourth-order valence-corrected chi connectivity index (χ4v) is 3.61. The number of fused-ring (bicyclic) bond motifs is 2. The van der Waals surface area contributed by atoms with Crippen LogP contribution in [0.3, 0.4) is 0 Å². The van der Waals surface area contributed by atoms with Crippen molar-refractivity contribution in [2.75, 3.05) is 7.11 Å². The molecule has 3 unspecified atom stereocenters. The van der Waals surface area contributed by atoms with E-state index >= 15 is 0 Å². The molecule has 5 nitrogen and oxygen atoms in total. The summed E-state index contributed by atoms with van der Waals surface area (Å²) in [6.45, 7) is 4.20. The average molecular weight is 265 g/mol. The summed E-state index contributed by atoms with van der Waals surface area (Å²) in [5, 5.41) is 7.80. The summed E-state index contributed by atoms with van der Waals surface area (Å²) in [6.07, 6.45) is 5.35. The molecule has 0 spiro atoms. The highest BCUT2D eigenvalue weighted by Crippen LogP contribution is 2.40. The van der Waals surface area contributed by atoms with E-state index in [1.54, 1.807) is 7.11 Å². The zero-order valence-corrected chi connectivity index (χ0v) is 12.0. The molecule has 1 N–H and O–H groups in total. The molecule has 0 saturated carbocycles. The summed E-state index contributed by atoms with van der Waals surface area (Å²) < 4.78 is 11.2. The lowest BCUT2D eigenvalue weighted by Gasteiger charge is -2.26. The van der Waals surface area contributed by atoms with E-state index in [2.05, 4.69) is 29.3 Å². The van der Waals surface area contributed by atoms with Gasteiger partial charge in [-0.05, 0) is 32.1 Å².